The van der Waals surface area contributed by atoms with Crippen LogP contribution in [-0.2, 0) is 6.54 Å². The predicted molar refractivity (Wildman–Crippen MR) is 107 cm³/mol. The molecule has 1 saturated heterocycles. The molecule has 0 aliphatic carbocycles. The van der Waals surface area contributed by atoms with Crippen LogP contribution in [0.3, 0.4) is 0 Å². The Morgan fingerprint density at radius 2 is 1.81 bits per heavy atom. The number of nitrogens with zero attached hydrogens (tertiary/aromatic N) is 2. The van der Waals surface area contributed by atoms with Crippen LogP contribution in [0, 0.1) is 0 Å². The molecule has 3 aromatic rings. The summed E-state index contributed by atoms with van der Waals surface area (Å²) in [6.45, 7) is 2.39. The summed E-state index contributed by atoms with van der Waals surface area (Å²) >= 11 is 1.74. The van der Waals surface area contributed by atoms with Gasteiger partial charge < -0.3 is 15.5 Å². The molecule has 0 radical (unpaired) electrons. The van der Waals surface area contributed by atoms with Gasteiger partial charge in [0.05, 0.1) is 10.2 Å². The van der Waals surface area contributed by atoms with Gasteiger partial charge in [-0.05, 0) is 30.5 Å². The second kappa shape index (κ2) is 7.74. The van der Waals surface area contributed by atoms with E-state index in [1.165, 1.54) is 4.70 Å². The number of piperidine rings is 1. The van der Waals surface area contributed by atoms with Crippen LogP contribution >= 0.6 is 11.3 Å². The van der Waals surface area contributed by atoms with E-state index in [1.807, 2.05) is 36.4 Å². The number of thiazole rings is 1. The zero-order chi connectivity index (χ0) is 17.8. The second-order valence-corrected chi connectivity index (χ2v) is 7.55. The van der Waals surface area contributed by atoms with Crippen LogP contribution < -0.4 is 15.5 Å². The quantitative estimate of drug-likeness (QED) is 0.739. The van der Waals surface area contributed by atoms with Crippen molar-refractivity contribution in [3.05, 3.63) is 60.2 Å². The Bertz CT molecular complexity index is 839. The third kappa shape index (κ3) is 3.96. The van der Waals surface area contributed by atoms with Crippen molar-refractivity contribution in [3.8, 4) is 0 Å². The minimum absolute atomic E-state index is 0.0905. The maximum atomic E-state index is 12.1. The molecule has 0 bridgehead atoms. The molecule has 26 heavy (non-hydrogen) atoms. The Kier molecular flexibility index (Phi) is 5.02. The van der Waals surface area contributed by atoms with E-state index in [2.05, 4.69) is 33.7 Å². The second-order valence-electron chi connectivity index (χ2n) is 6.54. The Hall–Kier alpha value is -2.60. The molecule has 2 N–H and O–H groups in total. The average molecular weight is 366 g/mol. The largest absolute Gasteiger partial charge is 0.348 e. The van der Waals surface area contributed by atoms with Gasteiger partial charge in [0.15, 0.2) is 5.13 Å². The summed E-state index contributed by atoms with van der Waals surface area (Å²) in [6.07, 6.45) is 1.88. The summed E-state index contributed by atoms with van der Waals surface area (Å²) in [5.74, 6) is 0. The molecule has 1 aliphatic heterocycles. The maximum absolute atomic E-state index is 12.1. The van der Waals surface area contributed by atoms with Gasteiger partial charge in [0, 0.05) is 25.7 Å². The summed E-state index contributed by atoms with van der Waals surface area (Å²) in [5, 5.41) is 7.11. The van der Waals surface area contributed by atoms with Crippen LogP contribution in [0.4, 0.5) is 9.93 Å². The van der Waals surface area contributed by atoms with E-state index in [0.717, 1.165) is 42.1 Å². The molecule has 2 heterocycles. The number of hydrogen-bond acceptors (Lipinski definition) is 4. The fourth-order valence-electron chi connectivity index (χ4n) is 3.23. The molecule has 1 aliphatic rings. The number of amides is 2. The number of rotatable bonds is 4. The normalized spacial score (nSPS) is 15.2. The first-order valence-electron chi connectivity index (χ1n) is 8.97. The molecule has 0 spiro atoms. The molecule has 0 saturated carbocycles. The number of anilines is 1. The van der Waals surface area contributed by atoms with Crippen LogP contribution in [0.25, 0.3) is 10.2 Å². The van der Waals surface area contributed by atoms with Crippen LogP contribution in [0.15, 0.2) is 54.6 Å². The molecule has 2 aromatic carbocycles. The van der Waals surface area contributed by atoms with Crippen molar-refractivity contribution in [2.24, 2.45) is 0 Å². The smallest absolute Gasteiger partial charge is 0.315 e. The molecule has 1 aromatic heterocycles. The monoisotopic (exact) mass is 366 g/mol. The van der Waals surface area contributed by atoms with Crippen molar-refractivity contribution in [3.63, 3.8) is 0 Å². The number of fused-ring (bicyclic) bond motifs is 1. The number of nitrogens with one attached hydrogen (secondary N) is 2. The van der Waals surface area contributed by atoms with Gasteiger partial charge in [-0.1, -0.05) is 53.8 Å². The van der Waals surface area contributed by atoms with Crippen LogP contribution in [0.1, 0.15) is 18.4 Å². The number of para-hydroxylation sites is 1. The van der Waals surface area contributed by atoms with Gasteiger partial charge in [0.1, 0.15) is 0 Å². The molecule has 0 atom stereocenters. The van der Waals surface area contributed by atoms with Gasteiger partial charge in [-0.25, -0.2) is 9.78 Å². The zero-order valence-corrected chi connectivity index (χ0v) is 15.3. The van der Waals surface area contributed by atoms with Crippen molar-refractivity contribution < 1.29 is 4.79 Å². The van der Waals surface area contributed by atoms with E-state index in [1.54, 1.807) is 11.3 Å². The highest BCUT2D eigenvalue weighted by Gasteiger charge is 2.22. The number of aromatic nitrogens is 1. The van der Waals surface area contributed by atoms with Gasteiger partial charge in [0.2, 0.25) is 0 Å². The number of benzene rings is 2. The number of hydrogen-bond donors (Lipinski definition) is 2. The van der Waals surface area contributed by atoms with Gasteiger partial charge in [-0.2, -0.15) is 0 Å². The van der Waals surface area contributed by atoms with Gasteiger partial charge in [-0.3, -0.25) is 0 Å². The van der Waals surface area contributed by atoms with Crippen molar-refractivity contribution >= 4 is 32.7 Å². The summed E-state index contributed by atoms with van der Waals surface area (Å²) in [4.78, 5) is 19.2. The Balaban J connectivity index is 1.26. The summed E-state index contributed by atoms with van der Waals surface area (Å²) in [5.41, 5.74) is 2.17. The first-order chi connectivity index (χ1) is 12.8. The number of urea groups is 1. The fraction of sp³-hybridized carbons (Fsp3) is 0.300. The maximum Gasteiger partial charge on any atom is 0.315 e. The van der Waals surface area contributed by atoms with Crippen molar-refractivity contribution in [2.45, 2.75) is 25.4 Å². The van der Waals surface area contributed by atoms with Gasteiger partial charge in [-0.15, -0.1) is 0 Å². The zero-order valence-electron chi connectivity index (χ0n) is 14.5. The highest BCUT2D eigenvalue weighted by Crippen LogP contribution is 2.30. The molecule has 1 fully saturated rings. The summed E-state index contributed by atoms with van der Waals surface area (Å²) < 4.78 is 1.23. The van der Waals surface area contributed by atoms with Crippen molar-refractivity contribution in [1.29, 1.82) is 0 Å². The molecule has 134 valence electrons. The number of carbonyl (C=O) groups excluding carboxylic acids is 1. The van der Waals surface area contributed by atoms with E-state index in [4.69, 9.17) is 4.98 Å². The molecule has 5 nitrogen and oxygen atoms in total. The molecule has 6 heteroatoms. The average Bonchev–Trinajstić information content (AvgIpc) is 3.12. The minimum atomic E-state index is -0.0905. The molecular formula is C20H22N4OS. The van der Waals surface area contributed by atoms with Crippen LogP contribution in [0.2, 0.25) is 0 Å². The topological polar surface area (TPSA) is 57.3 Å². The SMILES string of the molecule is O=C(NCc1ccccc1)NC1CCN(c2nc3ccccc3s2)CC1. The lowest BCUT2D eigenvalue weighted by Gasteiger charge is -2.32. The Morgan fingerprint density at radius 3 is 2.58 bits per heavy atom. The van der Waals surface area contributed by atoms with E-state index >= 15 is 0 Å². The Labute approximate surface area is 157 Å². The van der Waals surface area contributed by atoms with Crippen LogP contribution in [-0.4, -0.2) is 30.1 Å². The molecule has 4 rings (SSSR count). The number of carbonyl (C=O) groups is 1. The lowest BCUT2D eigenvalue weighted by Crippen LogP contribution is -2.47. The predicted octanol–water partition coefficient (Wildman–Crippen LogP) is 3.76. The third-order valence-corrected chi connectivity index (χ3v) is 5.78. The van der Waals surface area contributed by atoms with E-state index in [-0.39, 0.29) is 12.1 Å². The van der Waals surface area contributed by atoms with Crippen molar-refractivity contribution in [1.82, 2.24) is 15.6 Å². The third-order valence-electron chi connectivity index (χ3n) is 4.68. The van der Waals surface area contributed by atoms with Gasteiger partial charge in [0.25, 0.3) is 0 Å². The first kappa shape index (κ1) is 16.8. The van der Waals surface area contributed by atoms with E-state index in [9.17, 15) is 4.79 Å². The summed E-state index contributed by atoms with van der Waals surface area (Å²) in [6, 6.07) is 18.3. The first-order valence-corrected chi connectivity index (χ1v) is 9.78. The highest BCUT2D eigenvalue weighted by atomic mass is 32.1. The lowest BCUT2D eigenvalue weighted by atomic mass is 10.1. The van der Waals surface area contributed by atoms with Gasteiger partial charge >= 0.3 is 6.03 Å². The van der Waals surface area contributed by atoms with E-state index in [0.29, 0.717) is 6.54 Å². The molecular weight excluding hydrogens is 344 g/mol. The van der Waals surface area contributed by atoms with Crippen molar-refractivity contribution in [2.75, 3.05) is 18.0 Å². The Morgan fingerprint density at radius 1 is 1.08 bits per heavy atom. The highest BCUT2D eigenvalue weighted by molar-refractivity contribution is 7.22. The summed E-state index contributed by atoms with van der Waals surface area (Å²) in [7, 11) is 0. The fourth-order valence-corrected chi connectivity index (χ4v) is 4.24. The minimum Gasteiger partial charge on any atom is -0.348 e. The van der Waals surface area contributed by atoms with E-state index < -0.39 is 0 Å². The molecule has 2 amide bonds. The standard InChI is InChI=1S/C20H22N4OS/c25-19(21-14-15-6-2-1-3-7-15)22-16-10-12-24(13-11-16)20-23-17-8-4-5-9-18(17)26-20/h1-9,16H,10-14H2,(H2,21,22,25). The lowest BCUT2D eigenvalue weighted by molar-refractivity contribution is 0.234. The molecule has 0 unspecified atom stereocenters. The van der Waals surface area contributed by atoms with Crippen LogP contribution in [0.5, 0.6) is 0 Å².